The van der Waals surface area contributed by atoms with E-state index in [1.54, 1.807) is 0 Å². The van der Waals surface area contributed by atoms with Gasteiger partial charge in [0.15, 0.2) is 5.76 Å². The van der Waals surface area contributed by atoms with Gasteiger partial charge in [-0.25, -0.2) is 9.97 Å². The smallest absolute Gasteiger partial charge is 0.225 e. The third kappa shape index (κ3) is 3.43. The van der Waals surface area contributed by atoms with Crippen molar-refractivity contribution in [3.05, 3.63) is 23.7 Å². The predicted octanol–water partition coefficient (Wildman–Crippen LogP) is 2.88. The number of rotatable bonds is 3. The Hall–Kier alpha value is -1.95. The fourth-order valence-electron chi connectivity index (χ4n) is 3.03. The molecule has 0 bridgehead atoms. The zero-order chi connectivity index (χ0) is 17.3. The molecule has 1 aliphatic rings. The Bertz CT molecular complexity index is 696. The van der Waals surface area contributed by atoms with Gasteiger partial charge in [0.1, 0.15) is 0 Å². The molecule has 0 N–H and O–H groups in total. The van der Waals surface area contributed by atoms with Crippen molar-refractivity contribution in [3.8, 4) is 11.3 Å². The summed E-state index contributed by atoms with van der Waals surface area (Å²) in [5.41, 5.74) is 2.70. The van der Waals surface area contributed by atoms with Crippen LogP contribution in [0.3, 0.4) is 0 Å². The van der Waals surface area contributed by atoms with Crippen LogP contribution in [0.25, 0.3) is 11.3 Å². The average Bonchev–Trinajstić information content (AvgIpc) is 3.00. The Morgan fingerprint density at radius 1 is 1.17 bits per heavy atom. The fourth-order valence-corrected chi connectivity index (χ4v) is 3.03. The molecule has 1 aliphatic heterocycles. The fraction of sp³-hybridized carbons (Fsp3) is 0.611. The molecule has 0 aliphatic carbocycles. The third-order valence-corrected chi connectivity index (χ3v) is 4.48. The van der Waals surface area contributed by atoms with Crippen LogP contribution in [-0.4, -0.2) is 52.7 Å². The molecule has 2 aromatic rings. The number of anilines is 1. The minimum absolute atomic E-state index is 0.0983. The molecule has 6 nitrogen and oxygen atoms in total. The number of nitrogens with zero attached hydrogens (tertiary/aromatic N) is 5. The molecule has 3 rings (SSSR count). The summed E-state index contributed by atoms with van der Waals surface area (Å²) in [6.45, 7) is 15.8. The highest BCUT2D eigenvalue weighted by Gasteiger charge is 2.26. The molecule has 1 fully saturated rings. The first-order chi connectivity index (χ1) is 11.4. The number of likely N-dealkylation sites (N-methyl/N-ethyl adjacent to an activating group) is 1. The standard InChI is InChI=1S/C18H27N5O/c1-6-22-7-9-23(10-8-22)17-19-12-14(15-11-13(2)21-24-15)16(20-17)18(3,4)5/h11-12H,6-10H2,1-5H3. The molecular weight excluding hydrogens is 302 g/mol. The van der Waals surface area contributed by atoms with Gasteiger partial charge in [-0.3, -0.25) is 0 Å². The largest absolute Gasteiger partial charge is 0.356 e. The number of aromatic nitrogens is 3. The predicted molar refractivity (Wildman–Crippen MR) is 95.3 cm³/mol. The summed E-state index contributed by atoms with van der Waals surface area (Å²) in [5, 5.41) is 4.00. The minimum Gasteiger partial charge on any atom is -0.356 e. The maximum absolute atomic E-state index is 5.45. The van der Waals surface area contributed by atoms with Crippen molar-refractivity contribution in [2.45, 2.75) is 40.0 Å². The van der Waals surface area contributed by atoms with Crippen molar-refractivity contribution in [2.24, 2.45) is 0 Å². The van der Waals surface area contributed by atoms with Gasteiger partial charge in [-0.05, 0) is 13.5 Å². The van der Waals surface area contributed by atoms with Gasteiger partial charge in [-0.15, -0.1) is 0 Å². The van der Waals surface area contributed by atoms with Crippen LogP contribution in [-0.2, 0) is 5.41 Å². The van der Waals surface area contributed by atoms with Crippen LogP contribution in [0.4, 0.5) is 5.95 Å². The molecule has 0 saturated carbocycles. The van der Waals surface area contributed by atoms with Crippen molar-refractivity contribution >= 4 is 5.95 Å². The van der Waals surface area contributed by atoms with Gasteiger partial charge in [0, 0.05) is 43.9 Å². The Kier molecular flexibility index (Phi) is 4.58. The van der Waals surface area contributed by atoms with Crippen LogP contribution in [0.2, 0.25) is 0 Å². The van der Waals surface area contributed by atoms with Crippen LogP contribution in [0.5, 0.6) is 0 Å². The average molecular weight is 329 g/mol. The maximum atomic E-state index is 5.45. The van der Waals surface area contributed by atoms with E-state index < -0.39 is 0 Å². The quantitative estimate of drug-likeness (QED) is 0.863. The number of piperazine rings is 1. The van der Waals surface area contributed by atoms with Crippen molar-refractivity contribution < 1.29 is 4.52 Å². The van der Waals surface area contributed by atoms with Gasteiger partial charge >= 0.3 is 0 Å². The normalized spacial score (nSPS) is 16.6. The maximum Gasteiger partial charge on any atom is 0.225 e. The summed E-state index contributed by atoms with van der Waals surface area (Å²) in [6.07, 6.45) is 1.88. The van der Waals surface area contributed by atoms with E-state index in [1.807, 2.05) is 19.2 Å². The van der Waals surface area contributed by atoms with Gasteiger partial charge in [0.25, 0.3) is 0 Å². The second kappa shape index (κ2) is 6.51. The van der Waals surface area contributed by atoms with Crippen LogP contribution in [0.15, 0.2) is 16.8 Å². The second-order valence-electron chi connectivity index (χ2n) is 7.44. The van der Waals surface area contributed by atoms with Crippen molar-refractivity contribution in [1.82, 2.24) is 20.0 Å². The highest BCUT2D eigenvalue weighted by atomic mass is 16.5. The zero-order valence-corrected chi connectivity index (χ0v) is 15.3. The zero-order valence-electron chi connectivity index (χ0n) is 15.3. The van der Waals surface area contributed by atoms with Crippen LogP contribution in [0, 0.1) is 6.92 Å². The van der Waals surface area contributed by atoms with Crippen LogP contribution >= 0.6 is 0 Å². The van der Waals surface area contributed by atoms with E-state index in [4.69, 9.17) is 9.51 Å². The summed E-state index contributed by atoms with van der Waals surface area (Å²) < 4.78 is 5.45. The molecule has 0 radical (unpaired) electrons. The third-order valence-electron chi connectivity index (χ3n) is 4.48. The molecule has 24 heavy (non-hydrogen) atoms. The van der Waals surface area contributed by atoms with E-state index in [2.05, 4.69) is 47.6 Å². The summed E-state index contributed by atoms with van der Waals surface area (Å²) in [5.74, 6) is 1.55. The summed E-state index contributed by atoms with van der Waals surface area (Å²) in [7, 11) is 0. The molecule has 0 spiro atoms. The summed E-state index contributed by atoms with van der Waals surface area (Å²) in [4.78, 5) is 14.3. The molecule has 0 aromatic carbocycles. The Morgan fingerprint density at radius 2 is 1.88 bits per heavy atom. The summed E-state index contributed by atoms with van der Waals surface area (Å²) >= 11 is 0. The lowest BCUT2D eigenvalue weighted by Crippen LogP contribution is -2.46. The van der Waals surface area contributed by atoms with E-state index in [-0.39, 0.29) is 5.41 Å². The number of hydrogen-bond donors (Lipinski definition) is 0. The SMILES string of the molecule is CCN1CCN(c2ncc(-c3cc(C)no3)c(C(C)(C)C)n2)CC1. The Balaban J connectivity index is 1.94. The minimum atomic E-state index is -0.0983. The number of aryl methyl sites for hydroxylation is 1. The second-order valence-corrected chi connectivity index (χ2v) is 7.44. The first-order valence-corrected chi connectivity index (χ1v) is 8.67. The van der Waals surface area contributed by atoms with E-state index >= 15 is 0 Å². The topological polar surface area (TPSA) is 58.3 Å². The lowest BCUT2D eigenvalue weighted by Gasteiger charge is -2.34. The Labute approximate surface area is 143 Å². The van der Waals surface area contributed by atoms with Gasteiger partial charge < -0.3 is 14.3 Å². The van der Waals surface area contributed by atoms with E-state index in [1.165, 1.54) is 0 Å². The molecule has 3 heterocycles. The van der Waals surface area contributed by atoms with Crippen molar-refractivity contribution in [3.63, 3.8) is 0 Å². The summed E-state index contributed by atoms with van der Waals surface area (Å²) in [6, 6.07) is 1.94. The van der Waals surface area contributed by atoms with Gasteiger partial charge in [0.2, 0.25) is 5.95 Å². The first kappa shape index (κ1) is 16.9. The van der Waals surface area contributed by atoms with Gasteiger partial charge in [0.05, 0.1) is 17.0 Å². The molecule has 1 saturated heterocycles. The highest BCUT2D eigenvalue weighted by Crippen LogP contribution is 2.32. The highest BCUT2D eigenvalue weighted by molar-refractivity contribution is 5.62. The molecular formula is C18H27N5O. The molecule has 130 valence electrons. The molecule has 0 amide bonds. The van der Waals surface area contributed by atoms with E-state index in [0.29, 0.717) is 0 Å². The first-order valence-electron chi connectivity index (χ1n) is 8.67. The molecule has 0 unspecified atom stereocenters. The van der Waals surface area contributed by atoms with Crippen LogP contribution < -0.4 is 4.90 Å². The van der Waals surface area contributed by atoms with Crippen molar-refractivity contribution in [1.29, 1.82) is 0 Å². The molecule has 2 aromatic heterocycles. The van der Waals surface area contributed by atoms with E-state index in [9.17, 15) is 0 Å². The molecule has 0 atom stereocenters. The lowest BCUT2D eigenvalue weighted by molar-refractivity contribution is 0.269. The van der Waals surface area contributed by atoms with E-state index in [0.717, 1.165) is 61.4 Å². The van der Waals surface area contributed by atoms with Gasteiger partial charge in [-0.1, -0.05) is 32.9 Å². The monoisotopic (exact) mass is 329 g/mol. The van der Waals surface area contributed by atoms with Crippen LogP contribution in [0.1, 0.15) is 39.1 Å². The van der Waals surface area contributed by atoms with Gasteiger partial charge in [-0.2, -0.15) is 0 Å². The van der Waals surface area contributed by atoms with Crippen molar-refractivity contribution in [2.75, 3.05) is 37.6 Å². The Morgan fingerprint density at radius 3 is 2.42 bits per heavy atom. The lowest BCUT2D eigenvalue weighted by atomic mass is 9.88. The molecule has 6 heteroatoms. The number of hydrogen-bond acceptors (Lipinski definition) is 6.